The van der Waals surface area contributed by atoms with Gasteiger partial charge in [-0.05, 0) is 37.3 Å². The quantitative estimate of drug-likeness (QED) is 0.605. The maximum Gasteiger partial charge on any atom is 0.348 e. The Labute approximate surface area is 119 Å². The highest BCUT2D eigenvalue weighted by atomic mass is 17.5. The number of benzene rings is 1. The SMILES string of the molecule is CC(C)(OOOC(=O)C1CCCCC1)c1ccccc1. The second-order valence-electron chi connectivity index (χ2n) is 5.77. The molecule has 1 aliphatic rings. The van der Waals surface area contributed by atoms with Crippen LogP contribution >= 0.6 is 0 Å². The molecule has 2 rings (SSSR count). The third-order valence-corrected chi connectivity index (χ3v) is 3.77. The summed E-state index contributed by atoms with van der Waals surface area (Å²) in [5.74, 6) is -0.374. The van der Waals surface area contributed by atoms with Gasteiger partial charge in [0, 0.05) is 0 Å². The van der Waals surface area contributed by atoms with E-state index in [0.29, 0.717) is 0 Å². The van der Waals surface area contributed by atoms with E-state index in [-0.39, 0.29) is 11.9 Å². The average Bonchev–Trinajstić information content (AvgIpc) is 2.49. The first-order valence-electron chi connectivity index (χ1n) is 7.21. The minimum atomic E-state index is -0.673. The fraction of sp³-hybridized carbons (Fsp3) is 0.562. The standard InChI is InChI=1S/C16H22O4/c1-16(2,14-11-7-4-8-12-14)19-20-18-15(17)13-9-5-3-6-10-13/h4,7-8,11-13H,3,5-6,9-10H2,1-2H3. The smallest absolute Gasteiger partial charge is 0.268 e. The molecule has 0 bridgehead atoms. The van der Waals surface area contributed by atoms with Crippen molar-refractivity contribution in [2.24, 2.45) is 5.92 Å². The van der Waals surface area contributed by atoms with E-state index in [2.05, 4.69) is 0 Å². The molecule has 1 aromatic rings. The maximum atomic E-state index is 11.8. The Morgan fingerprint density at radius 2 is 1.75 bits per heavy atom. The molecule has 20 heavy (non-hydrogen) atoms. The summed E-state index contributed by atoms with van der Waals surface area (Å²) in [5.41, 5.74) is 0.280. The van der Waals surface area contributed by atoms with Gasteiger partial charge in [-0.15, -0.1) is 0 Å². The van der Waals surface area contributed by atoms with Gasteiger partial charge in [-0.25, -0.2) is 4.79 Å². The Balaban J connectivity index is 1.78. The van der Waals surface area contributed by atoms with Crippen LogP contribution in [-0.2, 0) is 25.2 Å². The van der Waals surface area contributed by atoms with Crippen molar-refractivity contribution in [2.75, 3.05) is 0 Å². The molecule has 0 unspecified atom stereocenters. The van der Waals surface area contributed by atoms with Crippen molar-refractivity contribution in [3.8, 4) is 0 Å². The first-order chi connectivity index (χ1) is 9.59. The molecule has 1 fully saturated rings. The van der Waals surface area contributed by atoms with E-state index >= 15 is 0 Å². The summed E-state index contributed by atoms with van der Waals surface area (Å²) in [4.78, 5) is 21.8. The normalized spacial score (nSPS) is 16.9. The molecule has 0 aliphatic heterocycles. The molecule has 4 nitrogen and oxygen atoms in total. The van der Waals surface area contributed by atoms with Crippen LogP contribution in [0, 0.1) is 5.92 Å². The van der Waals surface area contributed by atoms with Crippen LogP contribution in [0.3, 0.4) is 0 Å². The zero-order chi connectivity index (χ0) is 14.4. The molecule has 0 radical (unpaired) electrons. The van der Waals surface area contributed by atoms with Crippen LogP contribution in [0.15, 0.2) is 30.3 Å². The Bertz CT molecular complexity index is 421. The third-order valence-electron chi connectivity index (χ3n) is 3.77. The number of rotatable bonds is 5. The van der Waals surface area contributed by atoms with Gasteiger partial charge in [0.05, 0.1) is 5.92 Å². The molecular weight excluding hydrogens is 256 g/mol. The molecule has 0 aromatic heterocycles. The minimum Gasteiger partial charge on any atom is -0.268 e. The second-order valence-corrected chi connectivity index (χ2v) is 5.77. The fourth-order valence-electron chi connectivity index (χ4n) is 2.43. The monoisotopic (exact) mass is 278 g/mol. The Morgan fingerprint density at radius 1 is 1.10 bits per heavy atom. The van der Waals surface area contributed by atoms with Crippen LogP contribution in [0.2, 0.25) is 0 Å². The lowest BCUT2D eigenvalue weighted by molar-refractivity contribution is -0.521. The van der Waals surface area contributed by atoms with Crippen molar-refractivity contribution in [1.82, 2.24) is 0 Å². The largest absolute Gasteiger partial charge is 0.348 e. The van der Waals surface area contributed by atoms with Crippen molar-refractivity contribution in [3.63, 3.8) is 0 Å². The van der Waals surface area contributed by atoms with E-state index in [1.807, 2.05) is 44.2 Å². The molecule has 4 heteroatoms. The molecule has 0 spiro atoms. The van der Waals surface area contributed by atoms with Crippen molar-refractivity contribution in [2.45, 2.75) is 51.6 Å². The Morgan fingerprint density at radius 3 is 2.40 bits per heavy atom. The second kappa shape index (κ2) is 6.86. The first kappa shape index (κ1) is 15.0. The van der Waals surface area contributed by atoms with Crippen LogP contribution in [0.5, 0.6) is 0 Å². The molecule has 110 valence electrons. The summed E-state index contributed by atoms with van der Waals surface area (Å²) in [6.07, 6.45) is 5.11. The van der Waals surface area contributed by atoms with Crippen LogP contribution in [-0.4, -0.2) is 5.97 Å². The van der Waals surface area contributed by atoms with E-state index in [1.54, 1.807) is 0 Å². The van der Waals surface area contributed by atoms with Gasteiger partial charge in [0.25, 0.3) is 0 Å². The van der Waals surface area contributed by atoms with Gasteiger partial charge in [0.2, 0.25) is 0 Å². The molecule has 1 aliphatic carbocycles. The van der Waals surface area contributed by atoms with Gasteiger partial charge in [-0.3, -0.25) is 4.89 Å². The van der Waals surface area contributed by atoms with Crippen LogP contribution in [0.1, 0.15) is 51.5 Å². The summed E-state index contributed by atoms with van der Waals surface area (Å²) >= 11 is 0. The Hall–Kier alpha value is -1.39. The van der Waals surface area contributed by atoms with Crippen molar-refractivity contribution < 1.29 is 19.6 Å². The zero-order valence-electron chi connectivity index (χ0n) is 12.1. The van der Waals surface area contributed by atoms with Gasteiger partial charge >= 0.3 is 5.97 Å². The fourth-order valence-corrected chi connectivity index (χ4v) is 2.43. The predicted octanol–water partition coefficient (Wildman–Crippen LogP) is 3.91. The highest BCUT2D eigenvalue weighted by Gasteiger charge is 2.27. The molecule has 0 N–H and O–H groups in total. The molecular formula is C16H22O4. The van der Waals surface area contributed by atoms with Crippen molar-refractivity contribution in [3.05, 3.63) is 35.9 Å². The van der Waals surface area contributed by atoms with E-state index in [1.165, 1.54) is 6.42 Å². The molecule has 1 saturated carbocycles. The van der Waals surface area contributed by atoms with Gasteiger partial charge in [-0.2, -0.15) is 4.89 Å². The minimum absolute atomic E-state index is 0.0489. The lowest BCUT2D eigenvalue weighted by atomic mass is 9.89. The highest BCUT2D eigenvalue weighted by molar-refractivity contribution is 5.71. The van der Waals surface area contributed by atoms with Crippen molar-refractivity contribution in [1.29, 1.82) is 0 Å². The topological polar surface area (TPSA) is 44.8 Å². The summed E-state index contributed by atoms with van der Waals surface area (Å²) in [6, 6.07) is 9.66. The molecule has 0 heterocycles. The number of hydrogen-bond donors (Lipinski definition) is 0. The maximum absolute atomic E-state index is 11.8. The summed E-state index contributed by atoms with van der Waals surface area (Å²) < 4.78 is 0. The van der Waals surface area contributed by atoms with Crippen LogP contribution in [0.25, 0.3) is 0 Å². The average molecular weight is 278 g/mol. The first-order valence-corrected chi connectivity index (χ1v) is 7.21. The van der Waals surface area contributed by atoms with E-state index < -0.39 is 5.60 Å². The lowest BCUT2D eigenvalue weighted by Gasteiger charge is -2.23. The van der Waals surface area contributed by atoms with Gasteiger partial charge in [0.1, 0.15) is 5.60 Å². The number of carbonyl (C=O) groups excluding carboxylic acids is 1. The van der Waals surface area contributed by atoms with E-state index in [0.717, 1.165) is 31.2 Å². The summed E-state index contributed by atoms with van der Waals surface area (Å²) in [7, 11) is 0. The Kier molecular flexibility index (Phi) is 5.15. The zero-order valence-corrected chi connectivity index (χ0v) is 12.1. The molecule has 0 saturated heterocycles. The van der Waals surface area contributed by atoms with Gasteiger partial charge in [-0.1, -0.05) is 49.6 Å². The molecule has 1 aromatic carbocycles. The van der Waals surface area contributed by atoms with E-state index in [4.69, 9.17) is 14.8 Å². The summed E-state index contributed by atoms with van der Waals surface area (Å²) in [5, 5.41) is 4.72. The highest BCUT2D eigenvalue weighted by Crippen LogP contribution is 2.27. The van der Waals surface area contributed by atoms with Crippen molar-refractivity contribution >= 4 is 5.97 Å². The van der Waals surface area contributed by atoms with Gasteiger partial charge in [0.15, 0.2) is 0 Å². The van der Waals surface area contributed by atoms with Crippen LogP contribution < -0.4 is 0 Å². The summed E-state index contributed by atoms with van der Waals surface area (Å²) in [6.45, 7) is 3.72. The lowest BCUT2D eigenvalue weighted by Crippen LogP contribution is -2.25. The number of hydrogen-bond acceptors (Lipinski definition) is 4. The van der Waals surface area contributed by atoms with Gasteiger partial charge < -0.3 is 0 Å². The van der Waals surface area contributed by atoms with Crippen LogP contribution in [0.4, 0.5) is 0 Å². The third kappa shape index (κ3) is 4.05. The predicted molar refractivity (Wildman–Crippen MR) is 74.3 cm³/mol. The number of carbonyl (C=O) groups is 1. The molecule has 0 amide bonds. The van der Waals surface area contributed by atoms with E-state index in [9.17, 15) is 4.79 Å². The molecule has 0 atom stereocenters.